The van der Waals surface area contributed by atoms with Gasteiger partial charge in [0, 0.05) is 55.3 Å². The standard InChI is InChI=1S/C22H21ClN6O2S/c23-19-3-1-2-4-20(19)32(30,31)29-12-9-16-15-25-22(27-21(16)29)26-17-5-7-18(8-6-17)28-13-10-24-11-14-28/h1-9,12,15,24H,10-11,13-14H2,(H,25,26,27). The van der Waals surface area contributed by atoms with Crippen molar-refractivity contribution >= 4 is 50.0 Å². The molecule has 8 nitrogen and oxygen atoms in total. The van der Waals surface area contributed by atoms with E-state index in [0.29, 0.717) is 11.3 Å². The molecule has 1 aliphatic rings. The predicted octanol–water partition coefficient (Wildman–Crippen LogP) is 3.47. The van der Waals surface area contributed by atoms with Crippen molar-refractivity contribution in [2.75, 3.05) is 36.4 Å². The molecule has 1 saturated heterocycles. The maximum atomic E-state index is 13.2. The van der Waals surface area contributed by atoms with E-state index in [4.69, 9.17) is 11.6 Å². The summed E-state index contributed by atoms with van der Waals surface area (Å²) < 4.78 is 27.5. The molecule has 1 fully saturated rings. The highest BCUT2D eigenvalue weighted by Gasteiger charge is 2.22. The lowest BCUT2D eigenvalue weighted by Gasteiger charge is -2.29. The van der Waals surface area contributed by atoms with Crippen molar-refractivity contribution in [3.05, 3.63) is 72.0 Å². The number of rotatable bonds is 5. The molecule has 10 heteroatoms. The van der Waals surface area contributed by atoms with Crippen LogP contribution in [0.25, 0.3) is 11.0 Å². The number of hydrogen-bond acceptors (Lipinski definition) is 7. The van der Waals surface area contributed by atoms with Crippen molar-refractivity contribution in [1.82, 2.24) is 19.3 Å². The normalized spacial score (nSPS) is 14.6. The van der Waals surface area contributed by atoms with E-state index >= 15 is 0 Å². The molecular weight excluding hydrogens is 448 g/mol. The Morgan fingerprint density at radius 2 is 1.75 bits per heavy atom. The average Bonchev–Trinajstić information content (AvgIpc) is 3.24. The molecule has 2 aromatic carbocycles. The molecule has 4 aromatic rings. The van der Waals surface area contributed by atoms with Crippen molar-refractivity contribution in [3.63, 3.8) is 0 Å². The zero-order chi connectivity index (χ0) is 22.1. The summed E-state index contributed by atoms with van der Waals surface area (Å²) in [6.45, 7) is 3.90. The number of nitrogens with zero attached hydrogens (tertiary/aromatic N) is 4. The Morgan fingerprint density at radius 3 is 2.50 bits per heavy atom. The lowest BCUT2D eigenvalue weighted by atomic mass is 10.2. The second-order valence-corrected chi connectivity index (χ2v) is 9.62. The van der Waals surface area contributed by atoms with Crippen LogP contribution in [-0.2, 0) is 10.0 Å². The van der Waals surface area contributed by atoms with Gasteiger partial charge in [0.25, 0.3) is 10.0 Å². The van der Waals surface area contributed by atoms with Crippen molar-refractivity contribution < 1.29 is 8.42 Å². The summed E-state index contributed by atoms with van der Waals surface area (Å²) in [7, 11) is -3.90. The molecule has 0 atom stereocenters. The number of benzene rings is 2. The Morgan fingerprint density at radius 1 is 1.00 bits per heavy atom. The molecule has 164 valence electrons. The van der Waals surface area contributed by atoms with Crippen molar-refractivity contribution in [2.24, 2.45) is 0 Å². The average molecular weight is 469 g/mol. The summed E-state index contributed by atoms with van der Waals surface area (Å²) in [5.74, 6) is 0.307. The van der Waals surface area contributed by atoms with Gasteiger partial charge in [0.1, 0.15) is 4.90 Å². The maximum Gasteiger partial charge on any atom is 0.270 e. The number of halogens is 1. The number of anilines is 3. The Labute approximate surface area is 190 Å². The molecule has 0 amide bonds. The van der Waals surface area contributed by atoms with E-state index in [1.165, 1.54) is 12.3 Å². The molecule has 2 aromatic heterocycles. The largest absolute Gasteiger partial charge is 0.369 e. The van der Waals surface area contributed by atoms with Gasteiger partial charge in [-0.2, -0.15) is 4.98 Å². The lowest BCUT2D eigenvalue weighted by Crippen LogP contribution is -2.43. The van der Waals surface area contributed by atoms with Gasteiger partial charge in [0.05, 0.1) is 5.02 Å². The molecule has 32 heavy (non-hydrogen) atoms. The molecule has 0 bridgehead atoms. The van der Waals surface area contributed by atoms with Gasteiger partial charge in [-0.05, 0) is 42.5 Å². The van der Waals surface area contributed by atoms with Gasteiger partial charge in [0.15, 0.2) is 5.65 Å². The fourth-order valence-corrected chi connectivity index (χ4v) is 5.52. The van der Waals surface area contributed by atoms with Gasteiger partial charge in [0.2, 0.25) is 5.95 Å². The smallest absolute Gasteiger partial charge is 0.270 e. The molecule has 0 saturated carbocycles. The Hall–Kier alpha value is -3.14. The van der Waals surface area contributed by atoms with Crippen LogP contribution in [0.4, 0.5) is 17.3 Å². The van der Waals surface area contributed by atoms with E-state index in [2.05, 4.69) is 37.6 Å². The van der Waals surface area contributed by atoms with Gasteiger partial charge in [-0.15, -0.1) is 0 Å². The Bertz CT molecular complexity index is 1360. The number of hydrogen-bond donors (Lipinski definition) is 2. The summed E-state index contributed by atoms with van der Waals surface area (Å²) in [6, 6.07) is 16.0. The van der Waals surface area contributed by atoms with Gasteiger partial charge >= 0.3 is 0 Å². The van der Waals surface area contributed by atoms with E-state index in [9.17, 15) is 8.42 Å². The van der Waals surface area contributed by atoms with Crippen LogP contribution in [0.3, 0.4) is 0 Å². The molecule has 0 unspecified atom stereocenters. The quantitative estimate of drug-likeness (QED) is 0.463. The zero-order valence-electron chi connectivity index (χ0n) is 17.1. The molecule has 0 spiro atoms. The predicted molar refractivity (Wildman–Crippen MR) is 126 cm³/mol. The summed E-state index contributed by atoms with van der Waals surface area (Å²) in [4.78, 5) is 11.1. The first kappa shape index (κ1) is 20.7. The second kappa shape index (κ2) is 8.42. The van der Waals surface area contributed by atoms with E-state index in [-0.39, 0.29) is 15.6 Å². The third kappa shape index (κ3) is 3.90. The van der Waals surface area contributed by atoms with Crippen molar-refractivity contribution in [2.45, 2.75) is 4.90 Å². The van der Waals surface area contributed by atoms with Gasteiger partial charge in [-0.3, -0.25) is 0 Å². The van der Waals surface area contributed by atoms with Crippen molar-refractivity contribution in [3.8, 4) is 0 Å². The molecule has 3 heterocycles. The molecule has 0 radical (unpaired) electrons. The number of piperazine rings is 1. The second-order valence-electron chi connectivity index (χ2n) is 7.43. The minimum Gasteiger partial charge on any atom is -0.369 e. The molecule has 0 aliphatic carbocycles. The fourth-order valence-electron chi connectivity index (χ4n) is 3.72. The summed E-state index contributed by atoms with van der Waals surface area (Å²) in [5.41, 5.74) is 2.25. The summed E-state index contributed by atoms with van der Waals surface area (Å²) >= 11 is 6.14. The molecule has 1 aliphatic heterocycles. The van der Waals surface area contributed by atoms with Crippen LogP contribution >= 0.6 is 11.6 Å². The van der Waals surface area contributed by atoms with E-state index < -0.39 is 10.0 Å². The van der Waals surface area contributed by atoms with Crippen LogP contribution in [0.15, 0.2) is 71.9 Å². The van der Waals surface area contributed by atoms with Crippen LogP contribution < -0.4 is 15.5 Å². The molecule has 2 N–H and O–H groups in total. The topological polar surface area (TPSA) is 92.2 Å². The Balaban J connectivity index is 1.43. The first-order valence-corrected chi connectivity index (χ1v) is 12.0. The van der Waals surface area contributed by atoms with E-state index in [0.717, 1.165) is 41.5 Å². The Kier molecular flexibility index (Phi) is 5.46. The molecular formula is C22H21ClN6O2S. The van der Waals surface area contributed by atoms with Gasteiger partial charge in [-0.25, -0.2) is 17.4 Å². The highest BCUT2D eigenvalue weighted by molar-refractivity contribution is 7.90. The summed E-state index contributed by atoms with van der Waals surface area (Å²) in [6.07, 6.45) is 3.06. The van der Waals surface area contributed by atoms with Gasteiger partial charge < -0.3 is 15.5 Å². The fraction of sp³-hybridized carbons (Fsp3) is 0.182. The van der Waals surface area contributed by atoms with Crippen LogP contribution in [0, 0.1) is 0 Å². The monoisotopic (exact) mass is 468 g/mol. The van der Waals surface area contributed by atoms with Crippen LogP contribution in [-0.4, -0.2) is 48.5 Å². The number of aromatic nitrogens is 3. The third-order valence-corrected chi connectivity index (χ3v) is 7.54. The minimum absolute atomic E-state index is 0.0239. The first-order valence-electron chi connectivity index (χ1n) is 10.2. The van der Waals surface area contributed by atoms with Crippen LogP contribution in [0.5, 0.6) is 0 Å². The van der Waals surface area contributed by atoms with Crippen LogP contribution in [0.1, 0.15) is 0 Å². The van der Waals surface area contributed by atoms with Crippen LogP contribution in [0.2, 0.25) is 5.02 Å². The zero-order valence-corrected chi connectivity index (χ0v) is 18.6. The maximum absolute atomic E-state index is 13.2. The number of fused-ring (bicyclic) bond motifs is 1. The highest BCUT2D eigenvalue weighted by Crippen LogP contribution is 2.27. The number of nitrogens with one attached hydrogen (secondary N) is 2. The van der Waals surface area contributed by atoms with Crippen molar-refractivity contribution in [1.29, 1.82) is 0 Å². The third-order valence-electron chi connectivity index (χ3n) is 5.37. The highest BCUT2D eigenvalue weighted by atomic mass is 35.5. The lowest BCUT2D eigenvalue weighted by molar-refractivity contribution is 0.589. The van der Waals surface area contributed by atoms with E-state index in [1.54, 1.807) is 30.5 Å². The van der Waals surface area contributed by atoms with Gasteiger partial charge in [-0.1, -0.05) is 23.7 Å². The summed E-state index contributed by atoms with van der Waals surface area (Å²) in [5, 5.41) is 7.28. The SMILES string of the molecule is O=S(=O)(c1ccccc1Cl)n1ccc2cnc(Nc3ccc(N4CCNCC4)cc3)nc21. The van der Waals surface area contributed by atoms with E-state index in [1.807, 2.05) is 12.1 Å². The first-order chi connectivity index (χ1) is 15.5. The minimum atomic E-state index is -3.90. The molecule has 5 rings (SSSR count).